The largest absolute Gasteiger partial charge is 0.377 e. The van der Waals surface area contributed by atoms with Crippen LogP contribution in [0.2, 0.25) is 0 Å². The third kappa shape index (κ3) is 4.31. The van der Waals surface area contributed by atoms with E-state index in [-0.39, 0.29) is 0 Å². The van der Waals surface area contributed by atoms with Crippen LogP contribution in [0.3, 0.4) is 0 Å². The Bertz CT molecular complexity index is 547. The van der Waals surface area contributed by atoms with E-state index >= 15 is 0 Å². The van der Waals surface area contributed by atoms with Gasteiger partial charge in [-0.25, -0.2) is 0 Å². The summed E-state index contributed by atoms with van der Waals surface area (Å²) in [5.74, 6) is 2.83. The highest BCUT2D eigenvalue weighted by molar-refractivity contribution is 7.99. The van der Waals surface area contributed by atoms with Crippen molar-refractivity contribution in [3.05, 3.63) is 0 Å². The van der Waals surface area contributed by atoms with Gasteiger partial charge < -0.3 is 14.4 Å². The van der Waals surface area contributed by atoms with Crippen molar-refractivity contribution in [1.82, 2.24) is 14.8 Å². The Morgan fingerprint density at radius 1 is 1.00 bits per heavy atom. The van der Waals surface area contributed by atoms with Crippen molar-refractivity contribution in [2.75, 3.05) is 37.0 Å². The molecule has 25 heavy (non-hydrogen) atoms. The molecule has 1 aromatic rings. The Kier molecular flexibility index (Phi) is 5.83. The van der Waals surface area contributed by atoms with E-state index in [4.69, 9.17) is 9.47 Å². The Hall–Kier alpha value is -0.790. The van der Waals surface area contributed by atoms with E-state index in [0.717, 1.165) is 62.0 Å². The summed E-state index contributed by atoms with van der Waals surface area (Å²) in [6.45, 7) is 7.19. The summed E-state index contributed by atoms with van der Waals surface area (Å²) in [6, 6.07) is 0. The van der Waals surface area contributed by atoms with Gasteiger partial charge in [-0.3, -0.25) is 4.57 Å². The number of thioether (sulfide) groups is 1. The number of rotatable bonds is 6. The van der Waals surface area contributed by atoms with E-state index in [1.54, 1.807) is 11.8 Å². The van der Waals surface area contributed by atoms with Gasteiger partial charge in [0, 0.05) is 32.1 Å². The van der Waals surface area contributed by atoms with E-state index < -0.39 is 0 Å². The molecule has 0 bridgehead atoms. The van der Waals surface area contributed by atoms with Crippen LogP contribution in [0.15, 0.2) is 5.16 Å². The highest BCUT2D eigenvalue weighted by Gasteiger charge is 2.26. The summed E-state index contributed by atoms with van der Waals surface area (Å²) >= 11 is 1.80. The molecule has 0 aliphatic carbocycles. The lowest BCUT2D eigenvalue weighted by molar-refractivity contribution is 0.0951. The van der Waals surface area contributed by atoms with E-state index in [2.05, 4.69) is 26.6 Å². The summed E-state index contributed by atoms with van der Waals surface area (Å²) in [7, 11) is 0. The molecule has 0 N–H and O–H groups in total. The van der Waals surface area contributed by atoms with Crippen LogP contribution < -0.4 is 4.90 Å². The molecule has 0 radical (unpaired) electrons. The van der Waals surface area contributed by atoms with Gasteiger partial charge in [0.1, 0.15) is 0 Å². The molecule has 0 aromatic carbocycles. The van der Waals surface area contributed by atoms with Crippen LogP contribution in [-0.4, -0.2) is 59.0 Å². The minimum atomic E-state index is 0.306. The molecule has 3 saturated heterocycles. The van der Waals surface area contributed by atoms with E-state index in [9.17, 15) is 0 Å². The lowest BCUT2D eigenvalue weighted by Gasteiger charge is -2.31. The van der Waals surface area contributed by atoms with Gasteiger partial charge in [0.25, 0.3) is 0 Å². The smallest absolute Gasteiger partial charge is 0.228 e. The highest BCUT2D eigenvalue weighted by Crippen LogP contribution is 2.29. The first-order chi connectivity index (χ1) is 12.3. The summed E-state index contributed by atoms with van der Waals surface area (Å²) in [5.41, 5.74) is 0. The minimum absolute atomic E-state index is 0.306. The van der Waals surface area contributed by atoms with Crippen LogP contribution >= 0.6 is 11.8 Å². The molecule has 3 aliphatic heterocycles. The van der Waals surface area contributed by atoms with E-state index in [1.165, 1.54) is 32.1 Å². The van der Waals surface area contributed by atoms with Gasteiger partial charge >= 0.3 is 0 Å². The van der Waals surface area contributed by atoms with Gasteiger partial charge in [-0.05, 0) is 44.4 Å². The van der Waals surface area contributed by atoms with Crippen molar-refractivity contribution in [3.8, 4) is 0 Å². The molecule has 0 saturated carbocycles. The van der Waals surface area contributed by atoms with Crippen LogP contribution in [-0.2, 0) is 16.0 Å². The Morgan fingerprint density at radius 2 is 1.72 bits per heavy atom. The third-order valence-electron chi connectivity index (χ3n) is 5.60. The van der Waals surface area contributed by atoms with Crippen molar-refractivity contribution in [1.29, 1.82) is 0 Å². The molecule has 2 atom stereocenters. The maximum atomic E-state index is 5.89. The molecule has 2 unspecified atom stereocenters. The fraction of sp³-hybridized carbons (Fsp3) is 0.889. The second-order valence-electron chi connectivity index (χ2n) is 7.64. The quantitative estimate of drug-likeness (QED) is 0.722. The molecule has 0 spiro atoms. The van der Waals surface area contributed by atoms with Crippen molar-refractivity contribution in [2.24, 2.45) is 5.92 Å². The average Bonchev–Trinajstić information content (AvgIpc) is 3.37. The zero-order valence-electron chi connectivity index (χ0n) is 15.2. The van der Waals surface area contributed by atoms with Crippen molar-refractivity contribution >= 4 is 17.7 Å². The minimum Gasteiger partial charge on any atom is -0.377 e. The monoisotopic (exact) mass is 366 g/mol. The zero-order valence-corrected chi connectivity index (χ0v) is 16.0. The summed E-state index contributed by atoms with van der Waals surface area (Å²) in [4.78, 5) is 2.41. The first kappa shape index (κ1) is 17.6. The Balaban J connectivity index is 1.48. The molecule has 3 fully saturated rings. The predicted octanol–water partition coefficient (Wildman–Crippen LogP) is 2.96. The molecule has 7 heteroatoms. The Morgan fingerprint density at radius 3 is 2.40 bits per heavy atom. The fourth-order valence-corrected chi connectivity index (χ4v) is 4.93. The number of ether oxygens (including phenoxy) is 2. The lowest BCUT2D eigenvalue weighted by Crippen LogP contribution is -2.35. The number of hydrogen-bond donors (Lipinski definition) is 0. The summed E-state index contributed by atoms with van der Waals surface area (Å²) in [5, 5.41) is 10.1. The number of anilines is 1. The molecule has 0 amide bonds. The maximum absolute atomic E-state index is 5.89. The third-order valence-corrected chi connectivity index (χ3v) is 6.69. The second-order valence-corrected chi connectivity index (χ2v) is 8.63. The van der Waals surface area contributed by atoms with Gasteiger partial charge in [0.15, 0.2) is 5.16 Å². The van der Waals surface area contributed by atoms with Crippen molar-refractivity contribution in [2.45, 2.75) is 69.4 Å². The number of aromatic nitrogens is 3. The van der Waals surface area contributed by atoms with Crippen LogP contribution in [0.4, 0.5) is 5.95 Å². The van der Waals surface area contributed by atoms with Gasteiger partial charge in [-0.15, -0.1) is 10.2 Å². The molecule has 6 nitrogen and oxygen atoms in total. The highest BCUT2D eigenvalue weighted by atomic mass is 32.2. The summed E-state index contributed by atoms with van der Waals surface area (Å²) < 4.78 is 14.0. The molecule has 3 aliphatic rings. The number of piperidine rings is 1. The lowest BCUT2D eigenvalue weighted by atomic mass is 10.00. The van der Waals surface area contributed by atoms with E-state index in [1.807, 2.05) is 0 Å². The van der Waals surface area contributed by atoms with Gasteiger partial charge in [0.05, 0.1) is 18.8 Å². The van der Waals surface area contributed by atoms with Crippen LogP contribution in [0.1, 0.15) is 45.4 Å². The van der Waals surface area contributed by atoms with Crippen LogP contribution in [0, 0.1) is 5.92 Å². The zero-order chi connectivity index (χ0) is 17.1. The first-order valence-corrected chi connectivity index (χ1v) is 10.8. The number of nitrogens with zero attached hydrogens (tertiary/aromatic N) is 4. The number of hydrogen-bond acceptors (Lipinski definition) is 6. The molecular formula is C18H30N4O2S. The maximum Gasteiger partial charge on any atom is 0.228 e. The molecule has 4 rings (SSSR count). The standard InChI is InChI=1S/C18H30N4O2S/c1-14-6-8-21(9-7-14)17-19-20-18(25-13-16-5-3-11-24-16)22(17)12-15-4-2-10-23-15/h14-16H,2-13H2,1H3. The second kappa shape index (κ2) is 8.27. The normalized spacial score (nSPS) is 28.1. The van der Waals surface area contributed by atoms with E-state index in [0.29, 0.717) is 12.2 Å². The van der Waals surface area contributed by atoms with Gasteiger partial charge in [0.2, 0.25) is 5.95 Å². The summed E-state index contributed by atoms with van der Waals surface area (Å²) in [6.07, 6.45) is 7.83. The SMILES string of the molecule is CC1CCN(c2nnc(SCC3CCCO3)n2CC2CCCO2)CC1. The predicted molar refractivity (Wildman–Crippen MR) is 99.3 cm³/mol. The van der Waals surface area contributed by atoms with Crippen molar-refractivity contribution < 1.29 is 9.47 Å². The fourth-order valence-electron chi connectivity index (χ4n) is 3.93. The van der Waals surface area contributed by atoms with Gasteiger partial charge in [-0.1, -0.05) is 18.7 Å². The Labute approximate surface area is 154 Å². The molecule has 1 aromatic heterocycles. The van der Waals surface area contributed by atoms with Crippen molar-refractivity contribution in [3.63, 3.8) is 0 Å². The van der Waals surface area contributed by atoms with Gasteiger partial charge in [-0.2, -0.15) is 0 Å². The topological polar surface area (TPSA) is 52.4 Å². The molecule has 4 heterocycles. The van der Waals surface area contributed by atoms with Crippen LogP contribution in [0.25, 0.3) is 0 Å². The molecular weight excluding hydrogens is 336 g/mol. The first-order valence-electron chi connectivity index (χ1n) is 9.84. The van der Waals surface area contributed by atoms with Crippen LogP contribution in [0.5, 0.6) is 0 Å². The molecule has 140 valence electrons. The average molecular weight is 367 g/mol.